The molecule has 0 aromatic heterocycles. The summed E-state index contributed by atoms with van der Waals surface area (Å²) in [6.45, 7) is 7.25. The summed E-state index contributed by atoms with van der Waals surface area (Å²) in [6, 6.07) is 0. The number of hydrogen-bond acceptors (Lipinski definition) is 15. The lowest BCUT2D eigenvalue weighted by atomic mass is 10.0. The molecule has 2 unspecified atom stereocenters. The average Bonchev–Trinajstić information content (AvgIpc) is 1.48. The third kappa shape index (κ3) is 70.5. The van der Waals surface area contributed by atoms with Crippen LogP contribution in [0.1, 0.15) is 407 Å². The number of carbonyl (C=O) groups excluding carboxylic acids is 4. The number of carbonyl (C=O) groups is 4. The summed E-state index contributed by atoms with van der Waals surface area (Å²) >= 11 is 0. The van der Waals surface area contributed by atoms with E-state index >= 15 is 0 Å². The molecule has 0 aliphatic heterocycles. The number of aliphatic hydroxyl groups is 1. The molecule has 570 valence electrons. The summed E-state index contributed by atoms with van der Waals surface area (Å²) < 4.78 is 68.5. The van der Waals surface area contributed by atoms with E-state index in [0.29, 0.717) is 25.7 Å². The molecule has 0 saturated carbocycles. The van der Waals surface area contributed by atoms with Gasteiger partial charge in [-0.2, -0.15) is 0 Å². The van der Waals surface area contributed by atoms with E-state index in [9.17, 15) is 43.2 Å². The Morgan fingerprint density at radius 3 is 0.708 bits per heavy atom. The number of phosphoric acid groups is 2. The second-order valence-corrected chi connectivity index (χ2v) is 31.1. The monoisotopic (exact) mass is 1410 g/mol. The maximum absolute atomic E-state index is 13.1. The highest BCUT2D eigenvalue weighted by atomic mass is 31.2. The zero-order valence-corrected chi connectivity index (χ0v) is 64.3. The van der Waals surface area contributed by atoms with Gasteiger partial charge in [-0.15, -0.1) is 0 Å². The molecule has 0 saturated heterocycles. The summed E-state index contributed by atoms with van der Waals surface area (Å²) in [7, 11) is -9.91. The molecule has 19 heteroatoms. The van der Waals surface area contributed by atoms with Crippen LogP contribution >= 0.6 is 15.6 Å². The number of phosphoric ester groups is 2. The fourth-order valence-corrected chi connectivity index (χ4v) is 13.5. The molecule has 0 aromatic carbocycles. The topological polar surface area (TPSA) is 237 Å². The minimum Gasteiger partial charge on any atom is -0.462 e. The van der Waals surface area contributed by atoms with E-state index in [1.807, 2.05) is 0 Å². The van der Waals surface area contributed by atoms with Crippen molar-refractivity contribution in [1.82, 2.24) is 0 Å². The first-order chi connectivity index (χ1) is 46.5. The molecule has 3 N–H and O–H groups in total. The van der Waals surface area contributed by atoms with Crippen molar-refractivity contribution in [2.75, 3.05) is 39.6 Å². The number of hydrogen-bond donors (Lipinski definition) is 3. The van der Waals surface area contributed by atoms with Gasteiger partial charge in [-0.05, 0) is 31.6 Å². The fraction of sp³-hybridized carbons (Fsp3) is 0.948. The normalized spacial score (nSPS) is 13.9. The van der Waals surface area contributed by atoms with E-state index in [1.165, 1.54) is 231 Å². The molecule has 0 aliphatic rings. The predicted octanol–water partition coefficient (Wildman–Crippen LogP) is 22.9. The van der Waals surface area contributed by atoms with E-state index in [1.54, 1.807) is 0 Å². The summed E-state index contributed by atoms with van der Waals surface area (Å²) in [5.74, 6) is -1.40. The molecular formula is C77H150O17P2. The van der Waals surface area contributed by atoms with Crippen LogP contribution in [-0.2, 0) is 65.4 Å². The summed E-state index contributed by atoms with van der Waals surface area (Å²) in [6.07, 6.45) is 59.8. The molecule has 96 heavy (non-hydrogen) atoms. The third-order valence-corrected chi connectivity index (χ3v) is 19.9. The van der Waals surface area contributed by atoms with Crippen LogP contribution in [0.2, 0.25) is 0 Å². The Bertz CT molecular complexity index is 1840. The average molecular weight is 1410 g/mol. The highest BCUT2D eigenvalue weighted by Crippen LogP contribution is 2.45. The van der Waals surface area contributed by atoms with Crippen molar-refractivity contribution in [3.63, 3.8) is 0 Å². The van der Waals surface area contributed by atoms with Gasteiger partial charge >= 0.3 is 39.5 Å². The lowest BCUT2D eigenvalue weighted by Crippen LogP contribution is -2.30. The molecule has 0 bridgehead atoms. The Hall–Kier alpha value is -1.94. The van der Waals surface area contributed by atoms with Crippen molar-refractivity contribution in [2.45, 2.75) is 425 Å². The van der Waals surface area contributed by atoms with Gasteiger partial charge in [0, 0.05) is 25.7 Å². The zero-order valence-electron chi connectivity index (χ0n) is 62.5. The van der Waals surface area contributed by atoms with Gasteiger partial charge in [-0.1, -0.05) is 356 Å². The minimum absolute atomic E-state index is 0.105. The van der Waals surface area contributed by atoms with E-state index < -0.39 is 97.5 Å². The van der Waals surface area contributed by atoms with Gasteiger partial charge in [-0.3, -0.25) is 37.3 Å². The second kappa shape index (κ2) is 70.1. The van der Waals surface area contributed by atoms with Crippen LogP contribution in [0, 0.1) is 5.92 Å². The van der Waals surface area contributed by atoms with E-state index in [0.717, 1.165) is 95.8 Å². The van der Waals surface area contributed by atoms with Crippen molar-refractivity contribution in [3.8, 4) is 0 Å². The Balaban J connectivity index is 5.17. The standard InChI is InChI=1S/C77H150O17P2/c1-6-9-12-15-18-21-24-26-27-28-29-30-31-32-33-34-35-38-41-47-52-57-62-76(81)93-72(66-88-75(80)61-56-51-46-40-37-25-22-19-16-13-10-7-2)68-91-95(83,84)89-64-71(78)65-90-96(85,86)92-69-73(94-77(82)63-58-53-48-43-42-44-49-54-59-70(4)5)67-87-74(79)60-55-50-45-39-36-23-20-17-14-11-8-3/h70-73,78H,6-69H2,1-5H3,(H,83,84)(H,85,86)/t71-,72-,73-/m1/s1. The molecule has 17 nitrogen and oxygen atoms in total. The highest BCUT2D eigenvalue weighted by Gasteiger charge is 2.30. The van der Waals surface area contributed by atoms with Gasteiger partial charge in [0.1, 0.15) is 19.3 Å². The van der Waals surface area contributed by atoms with Crippen molar-refractivity contribution < 1.29 is 80.2 Å². The Labute approximate surface area is 588 Å². The van der Waals surface area contributed by atoms with Crippen LogP contribution in [0.3, 0.4) is 0 Å². The van der Waals surface area contributed by atoms with Gasteiger partial charge in [0.15, 0.2) is 12.2 Å². The Morgan fingerprint density at radius 2 is 0.479 bits per heavy atom. The first kappa shape index (κ1) is 94.1. The van der Waals surface area contributed by atoms with Crippen LogP contribution in [0.15, 0.2) is 0 Å². The second-order valence-electron chi connectivity index (χ2n) is 28.2. The van der Waals surface area contributed by atoms with Crippen LogP contribution in [0.25, 0.3) is 0 Å². The first-order valence-electron chi connectivity index (χ1n) is 40.1. The smallest absolute Gasteiger partial charge is 0.462 e. The minimum atomic E-state index is -4.96. The quantitative estimate of drug-likeness (QED) is 0.0222. The van der Waals surface area contributed by atoms with Crippen LogP contribution in [-0.4, -0.2) is 96.7 Å². The van der Waals surface area contributed by atoms with Crippen molar-refractivity contribution >= 4 is 39.5 Å². The largest absolute Gasteiger partial charge is 0.472 e. The van der Waals surface area contributed by atoms with Gasteiger partial charge in [0.25, 0.3) is 0 Å². The predicted molar refractivity (Wildman–Crippen MR) is 391 cm³/mol. The number of aliphatic hydroxyl groups excluding tert-OH is 1. The third-order valence-electron chi connectivity index (χ3n) is 18.0. The molecule has 0 aliphatic carbocycles. The lowest BCUT2D eigenvalue weighted by Gasteiger charge is -2.21. The molecule has 0 aromatic rings. The van der Waals surface area contributed by atoms with Gasteiger partial charge in [0.2, 0.25) is 0 Å². The molecule has 0 fully saturated rings. The molecule has 0 amide bonds. The van der Waals surface area contributed by atoms with E-state index in [-0.39, 0.29) is 25.7 Å². The summed E-state index contributed by atoms with van der Waals surface area (Å²) in [4.78, 5) is 72.8. The van der Waals surface area contributed by atoms with Crippen molar-refractivity contribution in [2.24, 2.45) is 5.92 Å². The maximum Gasteiger partial charge on any atom is 0.472 e. The van der Waals surface area contributed by atoms with Crippen LogP contribution in [0.5, 0.6) is 0 Å². The molecular weight excluding hydrogens is 1260 g/mol. The molecule has 5 atom stereocenters. The van der Waals surface area contributed by atoms with E-state index in [2.05, 4.69) is 34.6 Å². The SMILES string of the molecule is CCCCCCCCCCCCCCCCCCCCCCCCC(=O)O[C@H](COC(=O)CCCCCCCCCCCCCC)COP(=O)(O)OC[C@@H](O)COP(=O)(O)OC[C@@H](COC(=O)CCCCCCCCCCCCC)OC(=O)CCCCCCCCCCC(C)C. The first-order valence-corrected chi connectivity index (χ1v) is 43.1. The Morgan fingerprint density at radius 1 is 0.281 bits per heavy atom. The van der Waals surface area contributed by atoms with Crippen molar-refractivity contribution in [1.29, 1.82) is 0 Å². The lowest BCUT2D eigenvalue weighted by molar-refractivity contribution is -0.161. The zero-order chi connectivity index (χ0) is 70.5. The summed E-state index contributed by atoms with van der Waals surface area (Å²) in [5.41, 5.74) is 0. The van der Waals surface area contributed by atoms with E-state index in [4.69, 9.17) is 37.0 Å². The number of ether oxygens (including phenoxy) is 4. The maximum atomic E-state index is 13.1. The highest BCUT2D eigenvalue weighted by molar-refractivity contribution is 7.47. The van der Waals surface area contributed by atoms with Crippen LogP contribution < -0.4 is 0 Å². The van der Waals surface area contributed by atoms with Crippen molar-refractivity contribution in [3.05, 3.63) is 0 Å². The Kier molecular flexibility index (Phi) is 68.7. The van der Waals surface area contributed by atoms with Gasteiger partial charge in [-0.25, -0.2) is 9.13 Å². The summed E-state index contributed by atoms with van der Waals surface area (Å²) in [5, 5.41) is 10.6. The number of unbranched alkanes of at least 4 members (excludes halogenated alkanes) is 49. The number of esters is 4. The molecule has 0 heterocycles. The fourth-order valence-electron chi connectivity index (χ4n) is 11.9. The number of rotatable bonds is 77. The van der Waals surface area contributed by atoms with Gasteiger partial charge in [0.05, 0.1) is 26.4 Å². The molecule has 0 radical (unpaired) electrons. The van der Waals surface area contributed by atoms with Gasteiger partial charge < -0.3 is 33.8 Å². The van der Waals surface area contributed by atoms with Crippen LogP contribution in [0.4, 0.5) is 0 Å². The molecule has 0 spiro atoms. The molecule has 0 rings (SSSR count).